The van der Waals surface area contributed by atoms with Crippen LogP contribution in [0.25, 0.3) is 0 Å². The fraction of sp³-hybridized carbons (Fsp3) is 0.800. The van der Waals surface area contributed by atoms with E-state index in [-0.39, 0.29) is 0 Å². The molecule has 108 valence electrons. The molecule has 2 heterocycles. The van der Waals surface area contributed by atoms with Gasteiger partial charge in [0.25, 0.3) is 0 Å². The lowest BCUT2D eigenvalue weighted by Crippen LogP contribution is -2.29. The first kappa shape index (κ1) is 14.5. The Hall–Kier alpha value is -0.870. The maximum Gasteiger partial charge on any atom is 0.0764 e. The molecule has 1 aliphatic rings. The quantitative estimate of drug-likeness (QED) is 0.823. The number of likely N-dealkylation sites (tertiary alicyclic amines) is 1. The molecule has 2 unspecified atom stereocenters. The van der Waals surface area contributed by atoms with Crippen LogP contribution in [0.15, 0.2) is 12.3 Å². The highest BCUT2D eigenvalue weighted by Crippen LogP contribution is 2.23. The van der Waals surface area contributed by atoms with Gasteiger partial charge in [0.2, 0.25) is 0 Å². The molecular weight excluding hydrogens is 236 g/mol. The van der Waals surface area contributed by atoms with E-state index in [0.29, 0.717) is 6.04 Å². The van der Waals surface area contributed by atoms with E-state index >= 15 is 0 Å². The summed E-state index contributed by atoms with van der Waals surface area (Å²) in [6.07, 6.45) is 8.27. The number of hydrogen-bond acceptors (Lipinski definition) is 3. The minimum Gasteiger partial charge on any atom is -0.330 e. The second-order valence-corrected chi connectivity index (χ2v) is 5.74. The Labute approximate surface area is 117 Å². The van der Waals surface area contributed by atoms with Crippen LogP contribution < -0.4 is 5.73 Å². The number of nitrogens with two attached hydrogens (primary N) is 1. The second-order valence-electron chi connectivity index (χ2n) is 5.74. The second kappa shape index (κ2) is 7.06. The summed E-state index contributed by atoms with van der Waals surface area (Å²) in [5.41, 5.74) is 6.83. The molecule has 0 bridgehead atoms. The van der Waals surface area contributed by atoms with Gasteiger partial charge in [-0.25, -0.2) is 0 Å². The smallest absolute Gasteiger partial charge is 0.0764 e. The molecule has 0 amide bonds. The summed E-state index contributed by atoms with van der Waals surface area (Å²) < 4.78 is 2.10. The van der Waals surface area contributed by atoms with Crippen LogP contribution in [0.2, 0.25) is 0 Å². The predicted octanol–water partition coefficient (Wildman–Crippen LogP) is 2.56. The summed E-state index contributed by atoms with van der Waals surface area (Å²) in [6, 6.07) is 3.39. The zero-order valence-electron chi connectivity index (χ0n) is 12.4. The standard InChI is InChI=1S/C15H28N4/c1-3-13(2)19-11-8-14(17-19)12-18-10-5-7-15(18)6-4-9-16/h8,11,13,15H,3-7,9-10,12,16H2,1-2H3. The van der Waals surface area contributed by atoms with Crippen LogP contribution in [0.4, 0.5) is 0 Å². The van der Waals surface area contributed by atoms with Crippen LogP contribution >= 0.6 is 0 Å². The molecule has 2 N–H and O–H groups in total. The number of nitrogens with zero attached hydrogens (tertiary/aromatic N) is 3. The molecule has 4 nitrogen and oxygen atoms in total. The monoisotopic (exact) mass is 264 g/mol. The van der Waals surface area contributed by atoms with Gasteiger partial charge in [0.05, 0.1) is 5.69 Å². The van der Waals surface area contributed by atoms with E-state index in [9.17, 15) is 0 Å². The molecule has 0 spiro atoms. The van der Waals surface area contributed by atoms with E-state index in [1.807, 2.05) is 0 Å². The SMILES string of the molecule is CCC(C)n1ccc(CN2CCCC2CCCN)n1. The third-order valence-corrected chi connectivity index (χ3v) is 4.31. The van der Waals surface area contributed by atoms with E-state index in [4.69, 9.17) is 10.8 Å². The number of aromatic nitrogens is 2. The van der Waals surface area contributed by atoms with E-state index in [0.717, 1.165) is 32.0 Å². The molecule has 19 heavy (non-hydrogen) atoms. The van der Waals surface area contributed by atoms with Gasteiger partial charge in [-0.2, -0.15) is 5.10 Å². The van der Waals surface area contributed by atoms with Crippen molar-refractivity contribution in [3.8, 4) is 0 Å². The molecular formula is C15H28N4. The van der Waals surface area contributed by atoms with Crippen molar-refractivity contribution in [2.24, 2.45) is 5.73 Å². The van der Waals surface area contributed by atoms with E-state index in [1.54, 1.807) is 0 Å². The van der Waals surface area contributed by atoms with Crippen LogP contribution in [-0.2, 0) is 6.54 Å². The first-order chi connectivity index (χ1) is 9.24. The summed E-state index contributed by atoms with van der Waals surface area (Å²) in [6.45, 7) is 7.45. The molecule has 1 fully saturated rings. The Morgan fingerprint density at radius 2 is 2.37 bits per heavy atom. The molecule has 2 atom stereocenters. The van der Waals surface area contributed by atoms with Crippen molar-refractivity contribution in [3.05, 3.63) is 18.0 Å². The third-order valence-electron chi connectivity index (χ3n) is 4.31. The van der Waals surface area contributed by atoms with Crippen molar-refractivity contribution < 1.29 is 0 Å². The molecule has 1 aromatic rings. The van der Waals surface area contributed by atoms with E-state index in [2.05, 4.69) is 35.7 Å². The topological polar surface area (TPSA) is 47.1 Å². The Morgan fingerprint density at radius 1 is 1.53 bits per heavy atom. The summed E-state index contributed by atoms with van der Waals surface area (Å²) in [7, 11) is 0. The first-order valence-electron chi connectivity index (χ1n) is 7.72. The van der Waals surface area contributed by atoms with Crippen molar-refractivity contribution in [3.63, 3.8) is 0 Å². The van der Waals surface area contributed by atoms with Gasteiger partial charge in [-0.15, -0.1) is 0 Å². The Balaban J connectivity index is 1.90. The third kappa shape index (κ3) is 3.80. The highest BCUT2D eigenvalue weighted by atomic mass is 15.3. The average molecular weight is 264 g/mol. The molecule has 2 rings (SSSR count). The highest BCUT2D eigenvalue weighted by molar-refractivity contribution is 5.01. The molecule has 0 aliphatic carbocycles. The van der Waals surface area contributed by atoms with Gasteiger partial charge in [-0.1, -0.05) is 6.92 Å². The van der Waals surface area contributed by atoms with Gasteiger partial charge in [-0.3, -0.25) is 9.58 Å². The average Bonchev–Trinajstić information content (AvgIpc) is 3.05. The molecule has 1 aliphatic heterocycles. The summed E-state index contributed by atoms with van der Waals surface area (Å²) >= 11 is 0. The van der Waals surface area contributed by atoms with Crippen LogP contribution in [0.3, 0.4) is 0 Å². The summed E-state index contributed by atoms with van der Waals surface area (Å²) in [4.78, 5) is 2.58. The maximum absolute atomic E-state index is 5.62. The molecule has 1 saturated heterocycles. The number of hydrogen-bond donors (Lipinski definition) is 1. The number of rotatable bonds is 7. The molecule has 0 radical (unpaired) electrons. The van der Waals surface area contributed by atoms with Crippen molar-refractivity contribution >= 4 is 0 Å². The minimum absolute atomic E-state index is 0.500. The molecule has 4 heteroatoms. The predicted molar refractivity (Wildman–Crippen MR) is 78.9 cm³/mol. The van der Waals surface area contributed by atoms with Crippen LogP contribution in [0.5, 0.6) is 0 Å². The molecule has 0 aromatic carbocycles. The normalized spacial score (nSPS) is 21.9. The lowest BCUT2D eigenvalue weighted by atomic mass is 10.1. The zero-order chi connectivity index (χ0) is 13.7. The fourth-order valence-electron chi connectivity index (χ4n) is 2.89. The molecule has 1 aromatic heterocycles. The van der Waals surface area contributed by atoms with E-state index in [1.165, 1.54) is 31.5 Å². The Morgan fingerprint density at radius 3 is 3.11 bits per heavy atom. The lowest BCUT2D eigenvalue weighted by Gasteiger charge is -2.23. The van der Waals surface area contributed by atoms with Gasteiger partial charge in [0.1, 0.15) is 0 Å². The Bertz CT molecular complexity index is 374. The first-order valence-corrected chi connectivity index (χ1v) is 7.72. The van der Waals surface area contributed by atoms with Gasteiger partial charge in [0, 0.05) is 24.8 Å². The lowest BCUT2D eigenvalue weighted by molar-refractivity contribution is 0.228. The van der Waals surface area contributed by atoms with Gasteiger partial charge in [-0.05, 0) is 58.2 Å². The van der Waals surface area contributed by atoms with Crippen LogP contribution in [-0.4, -0.2) is 33.8 Å². The maximum atomic E-state index is 5.62. The summed E-state index contributed by atoms with van der Waals surface area (Å²) in [5, 5.41) is 4.71. The van der Waals surface area contributed by atoms with Crippen molar-refractivity contribution in [2.75, 3.05) is 13.1 Å². The van der Waals surface area contributed by atoms with Crippen molar-refractivity contribution in [2.45, 2.75) is 64.6 Å². The fourth-order valence-corrected chi connectivity index (χ4v) is 2.89. The largest absolute Gasteiger partial charge is 0.330 e. The van der Waals surface area contributed by atoms with Gasteiger partial charge in [0.15, 0.2) is 0 Å². The zero-order valence-corrected chi connectivity index (χ0v) is 12.4. The van der Waals surface area contributed by atoms with Crippen LogP contribution in [0.1, 0.15) is 57.7 Å². The Kier molecular flexibility index (Phi) is 5.40. The minimum atomic E-state index is 0.500. The highest BCUT2D eigenvalue weighted by Gasteiger charge is 2.24. The summed E-state index contributed by atoms with van der Waals surface area (Å²) in [5.74, 6) is 0. The van der Waals surface area contributed by atoms with Gasteiger partial charge >= 0.3 is 0 Å². The van der Waals surface area contributed by atoms with Crippen molar-refractivity contribution in [1.82, 2.24) is 14.7 Å². The van der Waals surface area contributed by atoms with Crippen LogP contribution in [0, 0.1) is 0 Å². The van der Waals surface area contributed by atoms with Gasteiger partial charge < -0.3 is 5.73 Å². The van der Waals surface area contributed by atoms with E-state index < -0.39 is 0 Å². The molecule has 0 saturated carbocycles. The van der Waals surface area contributed by atoms with Crippen molar-refractivity contribution in [1.29, 1.82) is 0 Å².